The Labute approximate surface area is 153 Å². The van der Waals surface area contributed by atoms with Crippen molar-refractivity contribution in [1.29, 1.82) is 0 Å². The van der Waals surface area contributed by atoms with E-state index in [2.05, 4.69) is 57.9 Å². The van der Waals surface area contributed by atoms with Crippen LogP contribution < -0.4 is 5.43 Å². The van der Waals surface area contributed by atoms with Crippen LogP contribution in [0.4, 0.5) is 0 Å². The van der Waals surface area contributed by atoms with Crippen molar-refractivity contribution >= 4 is 28.6 Å². The molecule has 0 radical (unpaired) electrons. The number of fused-ring (bicyclic) bond motifs is 2. The molecule has 0 atom stereocenters. The van der Waals surface area contributed by atoms with Crippen molar-refractivity contribution in [2.24, 2.45) is 0 Å². The maximum Gasteiger partial charge on any atom is 0.249 e. The van der Waals surface area contributed by atoms with Gasteiger partial charge in [-0.2, -0.15) is 0 Å². The third-order valence-corrected chi connectivity index (χ3v) is 5.37. The van der Waals surface area contributed by atoms with Crippen molar-refractivity contribution in [3.05, 3.63) is 54.1 Å². The molecule has 0 spiro atoms. The fraction of sp³-hybridized carbons (Fsp3) is 0.105. The molecule has 0 fully saturated rings. The van der Waals surface area contributed by atoms with Crippen LogP contribution in [0, 0.1) is 6.92 Å². The molecule has 3 heterocycles. The molecule has 128 valence electrons. The van der Waals surface area contributed by atoms with Gasteiger partial charge >= 0.3 is 0 Å². The Morgan fingerprint density at radius 1 is 1.12 bits per heavy atom. The lowest BCUT2D eigenvalue weighted by Gasteiger charge is -2.15. The fourth-order valence-electron chi connectivity index (χ4n) is 3.29. The average Bonchev–Trinajstić information content (AvgIpc) is 3.22. The Hall–Kier alpha value is -3.06. The monoisotopic (exact) mass is 361 g/mol. The van der Waals surface area contributed by atoms with E-state index in [4.69, 9.17) is 0 Å². The number of aromatic amines is 1. The van der Waals surface area contributed by atoms with Gasteiger partial charge in [-0.1, -0.05) is 53.7 Å². The van der Waals surface area contributed by atoms with Gasteiger partial charge < -0.3 is 4.98 Å². The second kappa shape index (κ2) is 5.74. The second-order valence-corrected chi connectivity index (χ2v) is 7.20. The van der Waals surface area contributed by atoms with Crippen molar-refractivity contribution in [2.45, 2.75) is 12.1 Å². The quantitative estimate of drug-likeness (QED) is 0.572. The molecule has 4 aromatic rings. The lowest BCUT2D eigenvalue weighted by molar-refractivity contribution is -0.114. The Morgan fingerprint density at radius 3 is 2.81 bits per heavy atom. The van der Waals surface area contributed by atoms with E-state index in [-0.39, 0.29) is 5.91 Å². The maximum absolute atomic E-state index is 11.9. The van der Waals surface area contributed by atoms with Crippen LogP contribution in [0.25, 0.3) is 33.5 Å². The molecule has 1 aliphatic heterocycles. The summed E-state index contributed by atoms with van der Waals surface area (Å²) in [5.74, 6) is 0.903. The molecule has 1 amide bonds. The number of hydrogen-bond donors (Lipinski definition) is 2. The van der Waals surface area contributed by atoms with E-state index in [1.54, 1.807) is 4.68 Å². The van der Waals surface area contributed by atoms with Crippen LogP contribution in [0.5, 0.6) is 0 Å². The normalized spacial score (nSPS) is 13.7. The number of hydrogen-bond acceptors (Lipinski definition) is 4. The highest BCUT2D eigenvalue weighted by atomic mass is 32.2. The number of amides is 1. The summed E-state index contributed by atoms with van der Waals surface area (Å²) in [7, 11) is 0. The van der Waals surface area contributed by atoms with E-state index in [1.165, 1.54) is 17.3 Å². The smallest absolute Gasteiger partial charge is 0.249 e. The predicted octanol–water partition coefficient (Wildman–Crippen LogP) is 3.58. The van der Waals surface area contributed by atoms with E-state index in [0.29, 0.717) is 16.7 Å². The summed E-state index contributed by atoms with van der Waals surface area (Å²) in [6.45, 7) is 2.08. The summed E-state index contributed by atoms with van der Waals surface area (Å²) in [4.78, 5) is 15.3. The van der Waals surface area contributed by atoms with Gasteiger partial charge in [0.1, 0.15) is 0 Å². The summed E-state index contributed by atoms with van der Waals surface area (Å²) < 4.78 is 1.67. The first-order chi connectivity index (χ1) is 12.7. The molecule has 7 heteroatoms. The first-order valence-electron chi connectivity index (χ1n) is 8.27. The molecule has 0 unspecified atom stereocenters. The van der Waals surface area contributed by atoms with Gasteiger partial charge in [0, 0.05) is 16.5 Å². The predicted molar refractivity (Wildman–Crippen MR) is 103 cm³/mol. The molecule has 0 saturated heterocycles. The van der Waals surface area contributed by atoms with E-state index in [1.807, 2.05) is 18.2 Å². The first kappa shape index (κ1) is 15.2. The Bertz CT molecular complexity index is 1150. The van der Waals surface area contributed by atoms with Crippen LogP contribution >= 0.6 is 11.8 Å². The molecule has 0 bridgehead atoms. The van der Waals surface area contributed by atoms with E-state index < -0.39 is 0 Å². The number of benzene rings is 2. The first-order valence-corrected chi connectivity index (χ1v) is 9.25. The molecule has 6 nitrogen and oxygen atoms in total. The van der Waals surface area contributed by atoms with Crippen LogP contribution in [0.1, 0.15) is 5.56 Å². The molecule has 1 aliphatic rings. The summed E-state index contributed by atoms with van der Waals surface area (Å²) in [5.41, 5.74) is 8.06. The Balaban J connectivity index is 1.82. The number of nitrogens with zero attached hydrogens (tertiary/aromatic N) is 3. The number of aryl methyl sites for hydroxylation is 1. The van der Waals surface area contributed by atoms with Crippen molar-refractivity contribution in [3.63, 3.8) is 0 Å². The van der Waals surface area contributed by atoms with Crippen LogP contribution in [0.2, 0.25) is 0 Å². The number of aromatic nitrogens is 4. The molecular formula is C19H15N5OS. The van der Waals surface area contributed by atoms with Gasteiger partial charge in [0.25, 0.3) is 0 Å². The minimum Gasteiger partial charge on any atom is -0.351 e. The van der Waals surface area contributed by atoms with E-state index in [9.17, 15) is 4.79 Å². The van der Waals surface area contributed by atoms with E-state index in [0.717, 1.165) is 27.7 Å². The molecule has 26 heavy (non-hydrogen) atoms. The number of rotatable bonds is 2. The van der Waals surface area contributed by atoms with Gasteiger partial charge in [-0.25, -0.2) is 4.68 Å². The average molecular weight is 361 g/mol. The topological polar surface area (TPSA) is 75.6 Å². The molecule has 0 saturated carbocycles. The van der Waals surface area contributed by atoms with Crippen molar-refractivity contribution in [1.82, 2.24) is 19.9 Å². The highest BCUT2D eigenvalue weighted by Gasteiger charge is 2.25. The lowest BCUT2D eigenvalue weighted by atomic mass is 10.0. The number of carbonyl (C=O) groups excluding carboxylic acids is 1. The van der Waals surface area contributed by atoms with Gasteiger partial charge in [-0.05, 0) is 24.6 Å². The second-order valence-electron chi connectivity index (χ2n) is 6.26. The number of nitrogens with one attached hydrogen (secondary N) is 2. The van der Waals surface area contributed by atoms with Crippen LogP contribution in [-0.2, 0) is 4.79 Å². The molecule has 0 aliphatic carbocycles. The fourth-order valence-corrected chi connectivity index (χ4v) is 3.98. The van der Waals surface area contributed by atoms with Gasteiger partial charge in [0.2, 0.25) is 16.9 Å². The van der Waals surface area contributed by atoms with Crippen molar-refractivity contribution in [2.75, 3.05) is 11.2 Å². The zero-order chi connectivity index (χ0) is 17.7. The summed E-state index contributed by atoms with van der Waals surface area (Å²) in [6, 6.07) is 16.5. The van der Waals surface area contributed by atoms with Gasteiger partial charge in [0.15, 0.2) is 0 Å². The summed E-state index contributed by atoms with van der Waals surface area (Å²) in [6.07, 6.45) is 0. The van der Waals surface area contributed by atoms with Crippen molar-refractivity contribution in [3.8, 4) is 22.6 Å². The minimum absolute atomic E-state index is 0.0585. The standard InChI is InChI=1S/C19H15N5OS/c1-11-7-8-14-13(9-11)16(12-5-3-2-4-6-12)17(20-14)18-21-22-19-24(18)23-15(25)10-26-19/h2-9,20H,10H2,1H3,(H,23,25). The molecule has 2 aromatic heterocycles. The van der Waals surface area contributed by atoms with Crippen LogP contribution in [0.15, 0.2) is 53.7 Å². The number of carbonyl (C=O) groups is 1. The zero-order valence-electron chi connectivity index (χ0n) is 14.0. The summed E-state index contributed by atoms with van der Waals surface area (Å²) >= 11 is 1.39. The molecule has 5 rings (SSSR count). The Kier molecular flexibility index (Phi) is 3.36. The maximum atomic E-state index is 11.9. The molecular weight excluding hydrogens is 346 g/mol. The largest absolute Gasteiger partial charge is 0.351 e. The highest BCUT2D eigenvalue weighted by molar-refractivity contribution is 7.99. The zero-order valence-corrected chi connectivity index (χ0v) is 14.8. The number of thioether (sulfide) groups is 1. The Morgan fingerprint density at radius 2 is 1.96 bits per heavy atom. The molecule has 2 N–H and O–H groups in total. The van der Waals surface area contributed by atoms with Crippen molar-refractivity contribution < 1.29 is 4.79 Å². The third-order valence-electron chi connectivity index (χ3n) is 4.44. The minimum atomic E-state index is -0.0585. The van der Waals surface area contributed by atoms with Gasteiger partial charge in [-0.3, -0.25) is 10.2 Å². The van der Waals surface area contributed by atoms with Crippen LogP contribution in [0.3, 0.4) is 0 Å². The third kappa shape index (κ3) is 2.32. The number of H-pyrrole nitrogens is 1. The van der Waals surface area contributed by atoms with Crippen LogP contribution in [-0.4, -0.2) is 31.5 Å². The highest BCUT2D eigenvalue weighted by Crippen LogP contribution is 2.38. The molecule has 2 aromatic carbocycles. The van der Waals surface area contributed by atoms with Gasteiger partial charge in [-0.15, -0.1) is 10.2 Å². The van der Waals surface area contributed by atoms with E-state index >= 15 is 0 Å². The SMILES string of the molecule is Cc1ccc2[nH]c(-c3nnc4n3NC(=O)CS4)c(-c3ccccc3)c2c1. The lowest BCUT2D eigenvalue weighted by Crippen LogP contribution is -2.29. The summed E-state index contributed by atoms with van der Waals surface area (Å²) in [5, 5.41) is 10.4. The van der Waals surface area contributed by atoms with Gasteiger partial charge in [0.05, 0.1) is 11.4 Å².